The highest BCUT2D eigenvalue weighted by atomic mass is 32.2. The highest BCUT2D eigenvalue weighted by Gasteiger charge is 2.81. The number of carboxylic acids is 1. The molecule has 0 spiro atoms. The normalized spacial score (nSPS) is 16.3. The van der Waals surface area contributed by atoms with Crippen molar-refractivity contribution in [2.24, 2.45) is 11.8 Å². The Morgan fingerprint density at radius 3 is 1.79 bits per heavy atom. The van der Waals surface area contributed by atoms with Gasteiger partial charge in [0.1, 0.15) is 0 Å². The standard InChI is InChI=1S/C16H23F9O2S/c1-9(2)7-11(12(26)27)8-10(3)28-6-4-5-13(17,18)14(19,20)15(21,22)16(23,24)25/h9-11H,4-8H2,1-3H3,(H,26,27). The van der Waals surface area contributed by atoms with Gasteiger partial charge >= 0.3 is 29.9 Å². The molecule has 12 heteroatoms. The number of rotatable bonds is 12. The van der Waals surface area contributed by atoms with E-state index in [-0.39, 0.29) is 23.3 Å². The summed E-state index contributed by atoms with van der Waals surface area (Å²) in [5.74, 6) is -20.9. The molecule has 0 amide bonds. The lowest BCUT2D eigenvalue weighted by molar-refractivity contribution is -0.396. The number of hydrogen-bond donors (Lipinski definition) is 1. The Balaban J connectivity index is 4.72. The van der Waals surface area contributed by atoms with Crippen molar-refractivity contribution in [3.63, 3.8) is 0 Å². The molecule has 0 saturated carbocycles. The van der Waals surface area contributed by atoms with Crippen molar-refractivity contribution < 1.29 is 49.4 Å². The van der Waals surface area contributed by atoms with Gasteiger partial charge in [-0.15, -0.1) is 0 Å². The minimum Gasteiger partial charge on any atom is -0.481 e. The predicted octanol–water partition coefficient (Wildman–Crippen LogP) is 6.49. The van der Waals surface area contributed by atoms with Crippen molar-refractivity contribution in [2.45, 2.75) is 75.6 Å². The van der Waals surface area contributed by atoms with Crippen molar-refractivity contribution in [2.75, 3.05) is 5.75 Å². The Kier molecular flexibility index (Phi) is 9.51. The second-order valence-corrected chi connectivity index (χ2v) is 8.58. The summed E-state index contributed by atoms with van der Waals surface area (Å²) in [6.07, 6.45) is -8.87. The summed E-state index contributed by atoms with van der Waals surface area (Å²) in [5.41, 5.74) is 0. The zero-order valence-corrected chi connectivity index (χ0v) is 16.2. The number of hydrogen-bond acceptors (Lipinski definition) is 2. The van der Waals surface area contributed by atoms with Gasteiger partial charge in [0.25, 0.3) is 0 Å². The molecule has 0 aliphatic rings. The van der Waals surface area contributed by atoms with Gasteiger partial charge in [0, 0.05) is 11.7 Å². The average Bonchev–Trinajstić information content (AvgIpc) is 2.48. The maximum Gasteiger partial charge on any atom is 0.460 e. The van der Waals surface area contributed by atoms with Crippen molar-refractivity contribution in [3.05, 3.63) is 0 Å². The molecule has 28 heavy (non-hydrogen) atoms. The van der Waals surface area contributed by atoms with E-state index in [9.17, 15) is 44.3 Å². The smallest absolute Gasteiger partial charge is 0.460 e. The highest BCUT2D eigenvalue weighted by Crippen LogP contribution is 2.54. The summed E-state index contributed by atoms with van der Waals surface area (Å²) in [6.45, 7) is 5.21. The van der Waals surface area contributed by atoms with Crippen LogP contribution in [0.3, 0.4) is 0 Å². The van der Waals surface area contributed by atoms with Crippen LogP contribution in [0.2, 0.25) is 0 Å². The minimum absolute atomic E-state index is 0.0922. The van der Waals surface area contributed by atoms with E-state index in [1.807, 2.05) is 13.8 Å². The van der Waals surface area contributed by atoms with Gasteiger partial charge in [0.15, 0.2) is 0 Å². The van der Waals surface area contributed by atoms with Gasteiger partial charge in [0.2, 0.25) is 0 Å². The lowest BCUT2D eigenvalue weighted by Crippen LogP contribution is -2.60. The molecule has 2 nitrogen and oxygen atoms in total. The summed E-state index contributed by atoms with van der Waals surface area (Å²) in [4.78, 5) is 11.2. The van der Waals surface area contributed by atoms with Gasteiger partial charge in [-0.25, -0.2) is 0 Å². The molecule has 0 heterocycles. The summed E-state index contributed by atoms with van der Waals surface area (Å²) < 4.78 is 115. The van der Waals surface area contributed by atoms with Gasteiger partial charge in [-0.2, -0.15) is 51.3 Å². The van der Waals surface area contributed by atoms with Crippen molar-refractivity contribution in [1.29, 1.82) is 0 Å². The van der Waals surface area contributed by atoms with E-state index in [1.54, 1.807) is 6.92 Å². The zero-order chi connectivity index (χ0) is 22.6. The van der Waals surface area contributed by atoms with Crippen molar-refractivity contribution >= 4 is 17.7 Å². The summed E-state index contributed by atoms with van der Waals surface area (Å²) in [7, 11) is 0. The Morgan fingerprint density at radius 1 is 0.893 bits per heavy atom. The van der Waals surface area contributed by atoms with Gasteiger partial charge < -0.3 is 5.11 Å². The number of halogens is 9. The van der Waals surface area contributed by atoms with Crippen LogP contribution in [0, 0.1) is 11.8 Å². The lowest BCUT2D eigenvalue weighted by Gasteiger charge is -2.33. The van der Waals surface area contributed by atoms with Crippen LogP contribution >= 0.6 is 11.8 Å². The van der Waals surface area contributed by atoms with Gasteiger partial charge in [0.05, 0.1) is 5.92 Å². The van der Waals surface area contributed by atoms with Crippen LogP contribution < -0.4 is 0 Å². The van der Waals surface area contributed by atoms with Crippen LogP contribution in [-0.2, 0) is 4.79 Å². The van der Waals surface area contributed by atoms with E-state index in [4.69, 9.17) is 5.11 Å². The minimum atomic E-state index is -6.87. The summed E-state index contributed by atoms with van der Waals surface area (Å²) in [6, 6.07) is 0. The molecule has 0 aromatic carbocycles. The molecule has 0 aromatic rings. The first-order chi connectivity index (χ1) is 12.4. The van der Waals surface area contributed by atoms with Crippen molar-refractivity contribution in [1.82, 2.24) is 0 Å². The van der Waals surface area contributed by atoms with E-state index < -0.39 is 48.7 Å². The number of carbonyl (C=O) groups is 1. The average molecular weight is 450 g/mol. The van der Waals surface area contributed by atoms with Crippen LogP contribution in [0.25, 0.3) is 0 Å². The molecule has 0 rings (SSSR count). The Bertz CT molecular complexity index is 507. The van der Waals surface area contributed by atoms with Gasteiger partial charge in [-0.05, 0) is 30.9 Å². The first-order valence-electron chi connectivity index (χ1n) is 8.41. The fourth-order valence-electron chi connectivity index (χ4n) is 2.48. The summed E-state index contributed by atoms with van der Waals surface area (Å²) >= 11 is 0.962. The second kappa shape index (κ2) is 9.80. The van der Waals surface area contributed by atoms with Crippen LogP contribution in [-0.4, -0.2) is 46.0 Å². The molecule has 2 atom stereocenters. The van der Waals surface area contributed by atoms with E-state index in [1.165, 1.54) is 0 Å². The van der Waals surface area contributed by atoms with Gasteiger partial charge in [-0.1, -0.05) is 20.8 Å². The first kappa shape index (κ1) is 27.2. The number of alkyl halides is 9. The molecule has 0 aliphatic carbocycles. The van der Waals surface area contributed by atoms with Crippen LogP contribution in [0.1, 0.15) is 46.5 Å². The summed E-state index contributed by atoms with van der Waals surface area (Å²) in [5, 5.41) is 8.77. The monoisotopic (exact) mass is 450 g/mol. The van der Waals surface area contributed by atoms with E-state index in [0.717, 1.165) is 11.8 Å². The van der Waals surface area contributed by atoms with Crippen molar-refractivity contribution in [3.8, 4) is 0 Å². The molecular weight excluding hydrogens is 427 g/mol. The van der Waals surface area contributed by atoms with Crippen LogP contribution in [0.4, 0.5) is 39.5 Å². The van der Waals surface area contributed by atoms with E-state index in [0.29, 0.717) is 6.42 Å². The number of aliphatic carboxylic acids is 1. The third-order valence-electron chi connectivity index (χ3n) is 3.97. The maximum absolute atomic E-state index is 13.4. The van der Waals surface area contributed by atoms with E-state index >= 15 is 0 Å². The van der Waals surface area contributed by atoms with Crippen LogP contribution in [0.5, 0.6) is 0 Å². The molecule has 168 valence electrons. The fraction of sp³-hybridized carbons (Fsp3) is 0.938. The lowest BCUT2D eigenvalue weighted by atomic mass is 9.93. The SMILES string of the molecule is CC(C)CC(CC(C)SCCCC(F)(F)C(F)(F)C(F)(F)C(F)(F)F)C(=O)O. The largest absolute Gasteiger partial charge is 0.481 e. The number of carboxylic acid groups (broad SMARTS) is 1. The predicted molar refractivity (Wildman–Crippen MR) is 87.2 cm³/mol. The zero-order valence-electron chi connectivity index (χ0n) is 15.4. The third-order valence-corrected chi connectivity index (χ3v) is 5.25. The van der Waals surface area contributed by atoms with Crippen LogP contribution in [0.15, 0.2) is 0 Å². The maximum atomic E-state index is 13.4. The van der Waals surface area contributed by atoms with E-state index in [2.05, 4.69) is 0 Å². The Morgan fingerprint density at radius 2 is 1.39 bits per heavy atom. The molecular formula is C16H23F9O2S. The van der Waals surface area contributed by atoms with Gasteiger partial charge in [-0.3, -0.25) is 4.79 Å². The highest BCUT2D eigenvalue weighted by molar-refractivity contribution is 7.99. The third kappa shape index (κ3) is 6.91. The molecule has 1 N–H and O–H groups in total. The molecule has 0 aromatic heterocycles. The fourth-order valence-corrected chi connectivity index (χ4v) is 3.56. The quantitative estimate of drug-likeness (QED) is 0.273. The molecule has 2 unspecified atom stereocenters. The molecule has 0 radical (unpaired) electrons. The topological polar surface area (TPSA) is 37.3 Å². The number of thioether (sulfide) groups is 1. The molecule has 0 aliphatic heterocycles. The molecule has 0 fully saturated rings. The first-order valence-corrected chi connectivity index (χ1v) is 9.46. The second-order valence-electron chi connectivity index (χ2n) is 7.04. The Labute approximate surface area is 161 Å². The molecule has 0 saturated heterocycles. The Hall–Kier alpha value is -0.810. The molecule has 0 bridgehead atoms.